The number of esters is 1. The molecular weight excluding hydrogens is 233 g/mol. The van der Waals surface area contributed by atoms with E-state index in [4.69, 9.17) is 16.3 Å². The number of halogens is 2. The molecule has 0 aromatic carbocycles. The van der Waals surface area contributed by atoms with Crippen LogP contribution in [0.5, 0.6) is 0 Å². The molecule has 0 amide bonds. The highest BCUT2D eigenvalue weighted by atomic mass is 35.5. The largest absolute Gasteiger partial charge is 0.462 e. The Morgan fingerprint density at radius 2 is 2.31 bits per heavy atom. The summed E-state index contributed by atoms with van der Waals surface area (Å²) >= 11 is 5.87. The number of aromatic nitrogens is 1. The predicted molar refractivity (Wildman–Crippen MR) is 58.3 cm³/mol. The second kappa shape index (κ2) is 4.14. The molecule has 0 aliphatic carbocycles. The third-order valence-electron chi connectivity index (χ3n) is 2.17. The van der Waals surface area contributed by atoms with E-state index in [0.717, 1.165) is 0 Å². The Kier molecular flexibility index (Phi) is 2.83. The van der Waals surface area contributed by atoms with Crippen molar-refractivity contribution in [3.8, 4) is 0 Å². The quantitative estimate of drug-likeness (QED) is 0.598. The topological polar surface area (TPSA) is 30.7 Å². The van der Waals surface area contributed by atoms with Gasteiger partial charge in [0.15, 0.2) is 0 Å². The van der Waals surface area contributed by atoms with Crippen LogP contribution in [0.4, 0.5) is 4.39 Å². The summed E-state index contributed by atoms with van der Waals surface area (Å²) in [6.45, 7) is 1.99. The summed E-state index contributed by atoms with van der Waals surface area (Å²) in [7, 11) is 0. The number of carbonyl (C=O) groups is 1. The van der Waals surface area contributed by atoms with Crippen molar-refractivity contribution >= 4 is 23.1 Å². The Bertz CT molecular complexity index is 511. The highest BCUT2D eigenvalue weighted by Crippen LogP contribution is 2.20. The van der Waals surface area contributed by atoms with E-state index < -0.39 is 11.8 Å². The lowest BCUT2D eigenvalue weighted by atomic mass is 10.3. The van der Waals surface area contributed by atoms with E-state index in [-0.39, 0.29) is 17.7 Å². The zero-order chi connectivity index (χ0) is 11.7. The summed E-state index contributed by atoms with van der Waals surface area (Å²) in [6.07, 6.45) is 1.46. The van der Waals surface area contributed by atoms with Gasteiger partial charge in [-0.3, -0.25) is 0 Å². The molecule has 0 saturated heterocycles. The average Bonchev–Trinajstić information content (AvgIpc) is 2.70. The SMILES string of the molecule is CCOC(=O)c1cc2c(F)ccc(Cl)n2c1. The zero-order valence-corrected chi connectivity index (χ0v) is 9.29. The molecular formula is C11H9ClFNO2. The summed E-state index contributed by atoms with van der Waals surface area (Å²) in [5, 5.41) is 0.340. The fourth-order valence-corrected chi connectivity index (χ4v) is 1.66. The Balaban J connectivity index is 2.55. The lowest BCUT2D eigenvalue weighted by Crippen LogP contribution is -2.02. The van der Waals surface area contributed by atoms with Gasteiger partial charge in [-0.05, 0) is 25.1 Å². The number of ether oxygens (including phenoxy) is 1. The third kappa shape index (κ3) is 1.76. The number of nitrogens with zero attached hydrogens (tertiary/aromatic N) is 1. The number of hydrogen-bond donors (Lipinski definition) is 0. The first kappa shape index (κ1) is 11.0. The fraction of sp³-hybridized carbons (Fsp3) is 0.182. The summed E-state index contributed by atoms with van der Waals surface area (Å²) in [6, 6.07) is 4.10. The summed E-state index contributed by atoms with van der Waals surface area (Å²) in [4.78, 5) is 11.4. The van der Waals surface area contributed by atoms with E-state index in [0.29, 0.717) is 5.15 Å². The smallest absolute Gasteiger partial charge is 0.339 e. The van der Waals surface area contributed by atoms with Gasteiger partial charge < -0.3 is 9.14 Å². The van der Waals surface area contributed by atoms with Crippen molar-refractivity contribution in [1.29, 1.82) is 0 Å². The maximum atomic E-state index is 13.4. The fourth-order valence-electron chi connectivity index (χ4n) is 1.46. The standard InChI is InChI=1S/C11H9ClFNO2/c1-2-16-11(15)7-5-9-8(13)3-4-10(12)14(9)6-7/h3-6H,2H2,1H3. The van der Waals surface area contributed by atoms with Crippen LogP contribution in [0.1, 0.15) is 17.3 Å². The van der Waals surface area contributed by atoms with Gasteiger partial charge in [0, 0.05) is 6.20 Å². The number of fused-ring (bicyclic) bond motifs is 1. The van der Waals surface area contributed by atoms with E-state index in [1.165, 1.54) is 28.8 Å². The monoisotopic (exact) mass is 241 g/mol. The van der Waals surface area contributed by atoms with Gasteiger partial charge in [0.1, 0.15) is 11.0 Å². The molecule has 0 saturated carbocycles. The molecule has 0 atom stereocenters. The molecule has 0 unspecified atom stereocenters. The summed E-state index contributed by atoms with van der Waals surface area (Å²) in [5.41, 5.74) is 0.546. The Morgan fingerprint density at radius 1 is 1.56 bits per heavy atom. The number of pyridine rings is 1. The van der Waals surface area contributed by atoms with Gasteiger partial charge in [-0.1, -0.05) is 11.6 Å². The Morgan fingerprint density at radius 3 is 2.94 bits per heavy atom. The van der Waals surface area contributed by atoms with Crippen LogP contribution in [0.15, 0.2) is 24.4 Å². The van der Waals surface area contributed by atoms with Crippen molar-refractivity contribution in [3.05, 3.63) is 40.9 Å². The molecule has 2 aromatic rings. The molecule has 2 heterocycles. The van der Waals surface area contributed by atoms with Gasteiger partial charge >= 0.3 is 5.97 Å². The van der Waals surface area contributed by atoms with Crippen LogP contribution in [0.3, 0.4) is 0 Å². The molecule has 16 heavy (non-hydrogen) atoms. The molecule has 0 aliphatic heterocycles. The molecule has 2 rings (SSSR count). The lowest BCUT2D eigenvalue weighted by molar-refractivity contribution is 0.0526. The van der Waals surface area contributed by atoms with Crippen LogP contribution in [0, 0.1) is 5.82 Å². The van der Waals surface area contributed by atoms with Gasteiger partial charge in [0.05, 0.1) is 17.7 Å². The third-order valence-corrected chi connectivity index (χ3v) is 2.48. The van der Waals surface area contributed by atoms with Crippen LogP contribution in [0.25, 0.3) is 5.52 Å². The van der Waals surface area contributed by atoms with Crippen LogP contribution in [-0.4, -0.2) is 17.0 Å². The van der Waals surface area contributed by atoms with Crippen LogP contribution >= 0.6 is 11.6 Å². The van der Waals surface area contributed by atoms with Crippen molar-refractivity contribution in [2.24, 2.45) is 0 Å². The maximum absolute atomic E-state index is 13.4. The van der Waals surface area contributed by atoms with Gasteiger partial charge in [-0.2, -0.15) is 0 Å². The van der Waals surface area contributed by atoms with Crippen molar-refractivity contribution < 1.29 is 13.9 Å². The molecule has 0 fully saturated rings. The van der Waals surface area contributed by atoms with Crippen molar-refractivity contribution in [3.63, 3.8) is 0 Å². The summed E-state index contributed by atoms with van der Waals surface area (Å²) < 4.78 is 19.6. The highest BCUT2D eigenvalue weighted by Gasteiger charge is 2.13. The molecule has 0 bridgehead atoms. The minimum atomic E-state index is -0.485. The first-order valence-corrected chi connectivity index (χ1v) is 5.14. The van der Waals surface area contributed by atoms with E-state index in [1.807, 2.05) is 0 Å². The van der Waals surface area contributed by atoms with Gasteiger partial charge in [0.2, 0.25) is 0 Å². The number of hydrogen-bond acceptors (Lipinski definition) is 2. The molecule has 2 aromatic heterocycles. The minimum absolute atomic E-state index is 0.260. The molecule has 0 N–H and O–H groups in total. The van der Waals surface area contributed by atoms with Crippen LogP contribution in [-0.2, 0) is 4.74 Å². The second-order valence-electron chi connectivity index (χ2n) is 3.21. The van der Waals surface area contributed by atoms with Crippen molar-refractivity contribution in [2.75, 3.05) is 6.61 Å². The van der Waals surface area contributed by atoms with Gasteiger partial charge in [-0.15, -0.1) is 0 Å². The normalized spacial score (nSPS) is 10.7. The van der Waals surface area contributed by atoms with E-state index in [9.17, 15) is 9.18 Å². The van der Waals surface area contributed by atoms with E-state index >= 15 is 0 Å². The van der Waals surface area contributed by atoms with Gasteiger partial charge in [0.25, 0.3) is 0 Å². The molecule has 5 heteroatoms. The number of rotatable bonds is 2. The first-order valence-electron chi connectivity index (χ1n) is 4.76. The van der Waals surface area contributed by atoms with Gasteiger partial charge in [-0.25, -0.2) is 9.18 Å². The minimum Gasteiger partial charge on any atom is -0.462 e. The maximum Gasteiger partial charge on any atom is 0.339 e. The molecule has 84 valence electrons. The van der Waals surface area contributed by atoms with E-state index in [2.05, 4.69) is 0 Å². The van der Waals surface area contributed by atoms with Crippen LogP contribution in [0.2, 0.25) is 5.15 Å². The van der Waals surface area contributed by atoms with Crippen molar-refractivity contribution in [2.45, 2.75) is 6.92 Å². The molecule has 0 spiro atoms. The molecule has 3 nitrogen and oxygen atoms in total. The Labute approximate surface area is 96.4 Å². The second-order valence-corrected chi connectivity index (χ2v) is 3.60. The Hall–Kier alpha value is -1.55. The first-order chi connectivity index (χ1) is 7.63. The molecule has 0 radical (unpaired) electrons. The summed E-state index contributed by atoms with van der Waals surface area (Å²) in [5.74, 6) is -0.915. The average molecular weight is 242 g/mol. The highest BCUT2D eigenvalue weighted by molar-refractivity contribution is 6.29. The number of carbonyl (C=O) groups excluding carboxylic acids is 1. The predicted octanol–water partition coefficient (Wildman–Crippen LogP) is 2.91. The lowest BCUT2D eigenvalue weighted by Gasteiger charge is -1.98. The molecule has 0 aliphatic rings. The van der Waals surface area contributed by atoms with Crippen molar-refractivity contribution in [1.82, 2.24) is 4.40 Å². The van der Waals surface area contributed by atoms with E-state index in [1.54, 1.807) is 6.92 Å². The van der Waals surface area contributed by atoms with Crippen LogP contribution < -0.4 is 0 Å². The zero-order valence-electron chi connectivity index (χ0n) is 8.54.